The molecule has 0 aromatic carbocycles. The predicted molar refractivity (Wildman–Crippen MR) is 81.2 cm³/mol. The summed E-state index contributed by atoms with van der Waals surface area (Å²) in [6.45, 7) is 1.02. The minimum absolute atomic E-state index is 0.00912. The number of aliphatic hydroxyl groups is 3. The summed E-state index contributed by atoms with van der Waals surface area (Å²) in [6, 6.07) is 0. The Morgan fingerprint density at radius 3 is 2.78 bits per heavy atom. The van der Waals surface area contributed by atoms with Gasteiger partial charge in [-0.25, -0.2) is 4.79 Å². The van der Waals surface area contributed by atoms with Gasteiger partial charge >= 0.3 is 5.97 Å². The van der Waals surface area contributed by atoms with Gasteiger partial charge in [0.1, 0.15) is 5.60 Å². The summed E-state index contributed by atoms with van der Waals surface area (Å²) < 4.78 is 4.80. The highest BCUT2D eigenvalue weighted by atomic mass is 16.5. The lowest BCUT2D eigenvalue weighted by Gasteiger charge is -2.44. The van der Waals surface area contributed by atoms with Crippen LogP contribution in [0.25, 0.3) is 0 Å². The molecule has 1 aliphatic heterocycles. The molecule has 0 bridgehead atoms. The van der Waals surface area contributed by atoms with E-state index in [1.165, 1.54) is 6.92 Å². The van der Waals surface area contributed by atoms with Gasteiger partial charge in [-0.05, 0) is 32.6 Å². The van der Waals surface area contributed by atoms with E-state index in [1.54, 1.807) is 6.08 Å². The van der Waals surface area contributed by atoms with Crippen molar-refractivity contribution in [3.63, 3.8) is 0 Å². The van der Waals surface area contributed by atoms with E-state index in [1.807, 2.05) is 6.08 Å². The van der Waals surface area contributed by atoms with Gasteiger partial charge < -0.3 is 25.4 Å². The predicted octanol–water partition coefficient (Wildman–Crippen LogP) is -0.505. The number of allylic oxidation sites excluding steroid dienone is 1. The lowest BCUT2D eigenvalue weighted by molar-refractivity contribution is -0.174. The molecule has 0 spiro atoms. The third-order valence-corrected chi connectivity index (χ3v) is 5.18. The topological polar surface area (TPSA) is 116 Å². The first-order chi connectivity index (χ1) is 10.8. The second kappa shape index (κ2) is 6.59. The van der Waals surface area contributed by atoms with Gasteiger partial charge in [0.05, 0.1) is 19.1 Å². The van der Waals surface area contributed by atoms with Crippen molar-refractivity contribution >= 4 is 11.9 Å². The maximum absolute atomic E-state index is 12.5. The van der Waals surface area contributed by atoms with Crippen molar-refractivity contribution in [2.45, 2.75) is 49.9 Å². The van der Waals surface area contributed by atoms with Crippen LogP contribution in [0.1, 0.15) is 32.6 Å². The molecule has 1 amide bonds. The molecular weight excluding hydrogens is 302 g/mol. The molecule has 130 valence electrons. The fraction of sp³-hybridized carbons (Fsp3) is 0.750. The Bertz CT molecular complexity index is 503. The van der Waals surface area contributed by atoms with Gasteiger partial charge in [0.25, 0.3) is 0 Å². The first-order valence-electron chi connectivity index (χ1n) is 7.91. The summed E-state index contributed by atoms with van der Waals surface area (Å²) in [5.74, 6) is -2.84. The van der Waals surface area contributed by atoms with Crippen LogP contribution in [-0.2, 0) is 14.3 Å². The lowest BCUT2D eigenvalue weighted by atomic mass is 9.68. The van der Waals surface area contributed by atoms with Crippen molar-refractivity contribution in [2.24, 2.45) is 11.8 Å². The quantitative estimate of drug-likeness (QED) is 0.399. The van der Waals surface area contributed by atoms with Crippen LogP contribution in [0.3, 0.4) is 0 Å². The standard InChI is InChI=1S/C16H25NO6/c1-15(22)11(8-9-18)13(20)17-16(15,14(21)23-2)12(19)10-6-4-3-5-7-10/h4,6,10-12,18-19,22H,3,5,7-9H2,1-2H3,(H,17,20)/t10-,11+,12+,15+,16?/m1/s1. The monoisotopic (exact) mass is 327 g/mol. The molecule has 1 heterocycles. The highest BCUT2D eigenvalue weighted by Gasteiger charge is 2.69. The van der Waals surface area contributed by atoms with Crippen LogP contribution in [0.5, 0.6) is 0 Å². The van der Waals surface area contributed by atoms with E-state index in [-0.39, 0.29) is 18.9 Å². The number of esters is 1. The van der Waals surface area contributed by atoms with Crippen molar-refractivity contribution in [1.29, 1.82) is 0 Å². The summed E-state index contributed by atoms with van der Waals surface area (Å²) >= 11 is 0. The molecule has 4 N–H and O–H groups in total. The SMILES string of the molecule is COC(=O)C1([C@@H](O)[C@@H]2C=CCCC2)NC(=O)[C@H](CCO)[C@]1(C)O. The van der Waals surface area contributed by atoms with E-state index in [9.17, 15) is 19.8 Å². The number of ether oxygens (including phenoxy) is 1. The third-order valence-electron chi connectivity index (χ3n) is 5.18. The summed E-state index contributed by atoms with van der Waals surface area (Å²) in [5, 5.41) is 33.5. The minimum Gasteiger partial charge on any atom is -0.467 e. The highest BCUT2D eigenvalue weighted by Crippen LogP contribution is 2.44. The smallest absolute Gasteiger partial charge is 0.337 e. The maximum Gasteiger partial charge on any atom is 0.337 e. The van der Waals surface area contributed by atoms with Crippen LogP contribution in [0.15, 0.2) is 12.2 Å². The molecule has 7 nitrogen and oxygen atoms in total. The molecular formula is C16H25NO6. The van der Waals surface area contributed by atoms with E-state index in [0.717, 1.165) is 20.0 Å². The van der Waals surface area contributed by atoms with E-state index >= 15 is 0 Å². The summed E-state index contributed by atoms with van der Waals surface area (Å²) in [4.78, 5) is 24.8. The Hall–Kier alpha value is -1.44. The molecule has 0 radical (unpaired) electrons. The molecule has 7 heteroatoms. The molecule has 23 heavy (non-hydrogen) atoms. The number of hydrogen-bond donors (Lipinski definition) is 4. The average Bonchev–Trinajstić information content (AvgIpc) is 2.75. The van der Waals surface area contributed by atoms with E-state index in [4.69, 9.17) is 9.84 Å². The molecule has 0 aromatic heterocycles. The van der Waals surface area contributed by atoms with Crippen LogP contribution in [-0.4, -0.2) is 58.2 Å². The largest absolute Gasteiger partial charge is 0.467 e. The fourth-order valence-electron chi connectivity index (χ4n) is 3.81. The lowest BCUT2D eigenvalue weighted by Crippen LogP contribution is -2.70. The number of hydrogen-bond acceptors (Lipinski definition) is 6. The normalized spacial score (nSPS) is 38.2. The van der Waals surface area contributed by atoms with Crippen molar-refractivity contribution < 1.29 is 29.6 Å². The highest BCUT2D eigenvalue weighted by molar-refractivity contribution is 5.96. The zero-order valence-electron chi connectivity index (χ0n) is 13.5. The first-order valence-corrected chi connectivity index (χ1v) is 7.91. The van der Waals surface area contributed by atoms with Crippen LogP contribution in [0, 0.1) is 11.8 Å². The number of amides is 1. The molecule has 1 aliphatic carbocycles. The van der Waals surface area contributed by atoms with Crippen LogP contribution in [0.2, 0.25) is 0 Å². The van der Waals surface area contributed by atoms with Crippen molar-refractivity contribution in [1.82, 2.24) is 5.32 Å². The van der Waals surface area contributed by atoms with Crippen LogP contribution in [0.4, 0.5) is 0 Å². The Morgan fingerprint density at radius 2 is 2.26 bits per heavy atom. The second-order valence-electron chi connectivity index (χ2n) is 6.47. The van der Waals surface area contributed by atoms with Crippen molar-refractivity contribution in [3.8, 4) is 0 Å². The van der Waals surface area contributed by atoms with Gasteiger partial charge in [0, 0.05) is 12.5 Å². The Morgan fingerprint density at radius 1 is 1.57 bits per heavy atom. The van der Waals surface area contributed by atoms with Crippen molar-refractivity contribution in [3.05, 3.63) is 12.2 Å². The van der Waals surface area contributed by atoms with Gasteiger partial charge in [0.2, 0.25) is 5.91 Å². The molecule has 1 saturated heterocycles. The number of carbonyl (C=O) groups excluding carboxylic acids is 2. The first kappa shape index (κ1) is 17.9. The average molecular weight is 327 g/mol. The summed E-state index contributed by atoms with van der Waals surface area (Å²) in [6.07, 6.45) is 4.78. The number of aliphatic hydroxyl groups excluding tert-OH is 2. The molecule has 0 saturated carbocycles. The number of nitrogens with one attached hydrogen (secondary N) is 1. The van der Waals surface area contributed by atoms with Gasteiger partial charge in [-0.1, -0.05) is 12.2 Å². The molecule has 2 aliphatic rings. The molecule has 0 aromatic rings. The van der Waals surface area contributed by atoms with Gasteiger partial charge in [0.15, 0.2) is 5.54 Å². The second-order valence-corrected chi connectivity index (χ2v) is 6.47. The molecule has 1 unspecified atom stereocenters. The zero-order valence-corrected chi connectivity index (χ0v) is 13.5. The van der Waals surface area contributed by atoms with E-state index < -0.39 is 35.0 Å². The van der Waals surface area contributed by atoms with Gasteiger partial charge in [-0.15, -0.1) is 0 Å². The number of carbonyl (C=O) groups is 2. The maximum atomic E-state index is 12.5. The van der Waals surface area contributed by atoms with Crippen LogP contribution < -0.4 is 5.32 Å². The van der Waals surface area contributed by atoms with Gasteiger partial charge in [-0.3, -0.25) is 4.79 Å². The van der Waals surface area contributed by atoms with E-state index in [0.29, 0.717) is 6.42 Å². The number of rotatable bonds is 5. The number of methoxy groups -OCH3 is 1. The van der Waals surface area contributed by atoms with Crippen molar-refractivity contribution in [2.75, 3.05) is 13.7 Å². The molecule has 2 rings (SSSR count). The third kappa shape index (κ3) is 2.66. The summed E-state index contributed by atoms with van der Waals surface area (Å²) in [7, 11) is 1.15. The van der Waals surface area contributed by atoms with Crippen LogP contribution >= 0.6 is 0 Å². The Balaban J connectivity index is 2.47. The Kier molecular flexibility index (Phi) is 5.13. The Labute approximate surface area is 135 Å². The minimum atomic E-state index is -1.95. The fourth-order valence-corrected chi connectivity index (χ4v) is 3.81. The zero-order chi connectivity index (χ0) is 17.3. The molecule has 1 fully saturated rings. The van der Waals surface area contributed by atoms with E-state index in [2.05, 4.69) is 5.32 Å². The summed E-state index contributed by atoms with van der Waals surface area (Å²) in [5.41, 5.74) is -3.84. The van der Waals surface area contributed by atoms with Gasteiger partial charge in [-0.2, -0.15) is 0 Å². The molecule has 5 atom stereocenters.